The Morgan fingerprint density at radius 1 is 0.889 bits per heavy atom. The maximum Gasteiger partial charge on any atom is 0.0183 e. The maximum absolute atomic E-state index is 2.46. The molecule has 0 N–H and O–H groups in total. The minimum absolute atomic E-state index is 0.131. The van der Waals surface area contributed by atoms with Gasteiger partial charge in [0.2, 0.25) is 0 Å². The van der Waals surface area contributed by atoms with Gasteiger partial charge in [0.1, 0.15) is 0 Å². The molecule has 1 unspecified atom stereocenters. The lowest BCUT2D eigenvalue weighted by atomic mass is 10.1. The monoisotopic (exact) mass is 380 g/mol. The number of unbranched alkanes of at least 4 members (excludes halogenated alkanes) is 9. The molecule has 0 aromatic carbocycles. The van der Waals surface area contributed by atoms with Gasteiger partial charge in [0.25, 0.3) is 0 Å². The van der Waals surface area contributed by atoms with Crippen molar-refractivity contribution < 1.29 is 0 Å². The minimum Gasteiger partial charge on any atom is -0.212 e. The van der Waals surface area contributed by atoms with Gasteiger partial charge in [-0.25, -0.2) is 10.9 Å². The van der Waals surface area contributed by atoms with Crippen molar-refractivity contribution in [2.24, 2.45) is 0 Å². The van der Waals surface area contributed by atoms with E-state index < -0.39 is 0 Å². The summed E-state index contributed by atoms with van der Waals surface area (Å²) in [6.07, 6.45) is 16.8. The zero-order valence-corrected chi connectivity index (χ0v) is 14.9. The molecule has 2 heteroatoms. The highest BCUT2D eigenvalue weighted by molar-refractivity contribution is 14.1. The molecule has 0 aliphatic carbocycles. The molecule has 18 heavy (non-hydrogen) atoms. The average molecular weight is 380 g/mol. The fraction of sp³-hybridized carbons (Fsp3) is 0.750. The van der Waals surface area contributed by atoms with Crippen LogP contribution in [0.25, 0.3) is 0 Å². The van der Waals surface area contributed by atoms with Crippen LogP contribution in [0.2, 0.25) is 0 Å². The zero-order chi connectivity index (χ0) is 13.1. The standard InChI is InChI=1S/C16H29IS/c1-2-3-4-5-6-7-8-9-10-11-13-18-14-12-16(17)15-18/h12,14-15,18H,2-11,13H2,1H3. The first-order valence-corrected chi connectivity index (χ1v) is 10.4. The molecule has 0 amide bonds. The maximum atomic E-state index is 2.46. The molecule has 0 aromatic rings. The first-order chi connectivity index (χ1) is 8.83. The Labute approximate surface area is 130 Å². The third kappa shape index (κ3) is 8.63. The van der Waals surface area contributed by atoms with Crippen LogP contribution in [0.15, 0.2) is 20.5 Å². The van der Waals surface area contributed by atoms with E-state index in [-0.39, 0.29) is 10.9 Å². The second kappa shape index (κ2) is 11.4. The van der Waals surface area contributed by atoms with Crippen LogP contribution in [0.1, 0.15) is 71.1 Å². The van der Waals surface area contributed by atoms with E-state index in [2.05, 4.69) is 46.4 Å². The van der Waals surface area contributed by atoms with Crippen LogP contribution in [0.3, 0.4) is 0 Å². The van der Waals surface area contributed by atoms with Gasteiger partial charge >= 0.3 is 0 Å². The smallest absolute Gasteiger partial charge is 0.0183 e. The molecule has 1 aliphatic rings. The molecular weight excluding hydrogens is 351 g/mol. The number of hydrogen-bond acceptors (Lipinski definition) is 0. The van der Waals surface area contributed by atoms with Crippen LogP contribution in [0.4, 0.5) is 0 Å². The molecule has 1 heterocycles. The molecule has 1 rings (SSSR count). The summed E-state index contributed by atoms with van der Waals surface area (Å²) in [5.74, 6) is 1.43. The van der Waals surface area contributed by atoms with Crippen molar-refractivity contribution in [1.82, 2.24) is 0 Å². The van der Waals surface area contributed by atoms with Crippen molar-refractivity contribution in [3.8, 4) is 0 Å². The predicted octanol–water partition coefficient (Wildman–Crippen LogP) is 6.71. The van der Waals surface area contributed by atoms with Gasteiger partial charge < -0.3 is 0 Å². The van der Waals surface area contributed by atoms with E-state index in [0.29, 0.717) is 0 Å². The zero-order valence-electron chi connectivity index (χ0n) is 11.8. The van der Waals surface area contributed by atoms with Crippen LogP contribution in [-0.2, 0) is 0 Å². The first kappa shape index (κ1) is 16.6. The second-order valence-electron chi connectivity index (χ2n) is 5.25. The SMILES string of the molecule is CCCCCCCCCCCC[SH]1C=CC(I)=C1. The summed E-state index contributed by atoms with van der Waals surface area (Å²) in [6, 6.07) is 0. The van der Waals surface area contributed by atoms with Crippen LogP contribution in [0.5, 0.6) is 0 Å². The summed E-state index contributed by atoms with van der Waals surface area (Å²) < 4.78 is 1.45. The van der Waals surface area contributed by atoms with Gasteiger partial charge in [0.05, 0.1) is 0 Å². The Hall–Kier alpha value is 0.560. The second-order valence-corrected chi connectivity index (χ2v) is 8.53. The molecule has 0 aromatic heterocycles. The molecule has 0 saturated carbocycles. The third-order valence-electron chi connectivity index (χ3n) is 3.48. The summed E-state index contributed by atoms with van der Waals surface area (Å²) in [7, 11) is 0.131. The van der Waals surface area contributed by atoms with Crippen molar-refractivity contribution in [2.45, 2.75) is 71.1 Å². The Kier molecular flexibility index (Phi) is 10.5. The summed E-state index contributed by atoms with van der Waals surface area (Å²) in [6.45, 7) is 2.29. The number of thiol groups is 1. The summed E-state index contributed by atoms with van der Waals surface area (Å²) in [4.78, 5) is 0. The minimum atomic E-state index is 0.131. The molecule has 0 radical (unpaired) electrons. The number of hydrogen-bond donors (Lipinski definition) is 1. The molecule has 106 valence electrons. The van der Waals surface area contributed by atoms with Crippen molar-refractivity contribution in [2.75, 3.05) is 5.75 Å². The van der Waals surface area contributed by atoms with Gasteiger partial charge in [-0.05, 0) is 51.7 Å². The van der Waals surface area contributed by atoms with E-state index in [9.17, 15) is 0 Å². The topological polar surface area (TPSA) is 0 Å². The van der Waals surface area contributed by atoms with Crippen LogP contribution >= 0.6 is 33.5 Å². The summed E-state index contributed by atoms with van der Waals surface area (Å²) in [5.41, 5.74) is 0. The van der Waals surface area contributed by atoms with Crippen LogP contribution < -0.4 is 0 Å². The van der Waals surface area contributed by atoms with E-state index in [1.54, 1.807) is 0 Å². The van der Waals surface area contributed by atoms with Gasteiger partial charge in [0, 0.05) is 3.58 Å². The van der Waals surface area contributed by atoms with Gasteiger partial charge in [0.15, 0.2) is 0 Å². The molecule has 0 spiro atoms. The molecular formula is C16H29IS. The molecule has 0 nitrogen and oxygen atoms in total. The molecule has 1 atom stereocenters. The fourth-order valence-corrected chi connectivity index (χ4v) is 5.58. The first-order valence-electron chi connectivity index (χ1n) is 7.64. The van der Waals surface area contributed by atoms with Crippen molar-refractivity contribution >= 4 is 33.5 Å². The van der Waals surface area contributed by atoms with Gasteiger partial charge in [-0.1, -0.05) is 64.7 Å². The number of rotatable bonds is 11. The van der Waals surface area contributed by atoms with Crippen molar-refractivity contribution in [3.63, 3.8) is 0 Å². The van der Waals surface area contributed by atoms with Crippen molar-refractivity contribution in [1.29, 1.82) is 0 Å². The predicted molar refractivity (Wildman–Crippen MR) is 96.9 cm³/mol. The van der Waals surface area contributed by atoms with Gasteiger partial charge in [-0.15, -0.1) is 0 Å². The van der Waals surface area contributed by atoms with E-state index >= 15 is 0 Å². The lowest BCUT2D eigenvalue weighted by Gasteiger charge is -2.09. The summed E-state index contributed by atoms with van der Waals surface area (Å²) >= 11 is 2.43. The Morgan fingerprint density at radius 2 is 1.44 bits per heavy atom. The highest BCUT2D eigenvalue weighted by Crippen LogP contribution is 2.39. The molecule has 1 aliphatic heterocycles. The van der Waals surface area contributed by atoms with E-state index in [1.165, 1.54) is 73.5 Å². The number of allylic oxidation sites excluding steroid dienone is 2. The largest absolute Gasteiger partial charge is 0.212 e. The fourth-order valence-electron chi connectivity index (χ4n) is 2.33. The van der Waals surface area contributed by atoms with Crippen molar-refractivity contribution in [3.05, 3.63) is 20.5 Å². The lowest BCUT2D eigenvalue weighted by molar-refractivity contribution is 0.563. The quantitative estimate of drug-likeness (QED) is 0.230. The molecule has 0 fully saturated rings. The van der Waals surface area contributed by atoms with Gasteiger partial charge in [-0.3, -0.25) is 0 Å². The normalized spacial score (nSPS) is 20.3. The van der Waals surface area contributed by atoms with E-state index in [4.69, 9.17) is 0 Å². The Morgan fingerprint density at radius 3 is 1.94 bits per heavy atom. The molecule has 0 saturated heterocycles. The highest BCUT2D eigenvalue weighted by Gasteiger charge is 2.02. The van der Waals surface area contributed by atoms with Crippen LogP contribution in [0, 0.1) is 0 Å². The lowest BCUT2D eigenvalue weighted by Crippen LogP contribution is -1.85. The third-order valence-corrected chi connectivity index (χ3v) is 6.62. The van der Waals surface area contributed by atoms with E-state index in [1.807, 2.05) is 0 Å². The Balaban J connectivity index is 1.78. The van der Waals surface area contributed by atoms with Gasteiger partial charge in [-0.2, -0.15) is 0 Å². The average Bonchev–Trinajstić information content (AvgIpc) is 2.77. The highest BCUT2D eigenvalue weighted by atomic mass is 127. The Bertz CT molecular complexity index is 258. The molecule has 0 bridgehead atoms. The van der Waals surface area contributed by atoms with Crippen LogP contribution in [-0.4, -0.2) is 5.75 Å². The number of halogens is 1. The summed E-state index contributed by atoms with van der Waals surface area (Å²) in [5, 5.41) is 4.88. The van der Waals surface area contributed by atoms with E-state index in [0.717, 1.165) is 0 Å².